The highest BCUT2D eigenvalue weighted by Gasteiger charge is 2.30. The number of ether oxygens (including phenoxy) is 1. The number of imide groups is 1. The maximum Gasteiger partial charge on any atom is 0.338 e. The van der Waals surface area contributed by atoms with Gasteiger partial charge in [-0.2, -0.15) is 10.5 Å². The van der Waals surface area contributed by atoms with Gasteiger partial charge in [-0.25, -0.2) is 4.79 Å². The Hall–Kier alpha value is -3.72. The number of nitriles is 2. The van der Waals surface area contributed by atoms with E-state index in [0.29, 0.717) is 0 Å². The zero-order chi connectivity index (χ0) is 20.5. The Balaban J connectivity index is 2.00. The number of benzene rings is 1. The van der Waals surface area contributed by atoms with Gasteiger partial charge in [0.25, 0.3) is 5.91 Å². The van der Waals surface area contributed by atoms with Gasteiger partial charge in [0.2, 0.25) is 11.8 Å². The van der Waals surface area contributed by atoms with Gasteiger partial charge < -0.3 is 9.64 Å². The van der Waals surface area contributed by atoms with E-state index < -0.39 is 18.5 Å². The molecule has 0 bridgehead atoms. The first kappa shape index (κ1) is 20.6. The predicted octanol–water partition coefficient (Wildman–Crippen LogP) is 1.15. The molecule has 1 saturated heterocycles. The van der Waals surface area contributed by atoms with Gasteiger partial charge in [-0.15, -0.1) is 0 Å². The molecule has 3 amide bonds. The number of amides is 3. The quantitative estimate of drug-likeness (QED) is 0.487. The fourth-order valence-corrected chi connectivity index (χ4v) is 2.67. The van der Waals surface area contributed by atoms with Gasteiger partial charge in [-0.3, -0.25) is 19.3 Å². The molecule has 1 aliphatic heterocycles. The number of nitrogens with zero attached hydrogens (tertiary/aromatic N) is 4. The van der Waals surface area contributed by atoms with E-state index in [4.69, 9.17) is 15.3 Å². The van der Waals surface area contributed by atoms with Crippen LogP contribution < -0.4 is 4.90 Å². The topological polar surface area (TPSA) is 132 Å². The third-order valence-electron chi connectivity index (χ3n) is 4.06. The second-order valence-electron chi connectivity index (χ2n) is 5.95. The van der Waals surface area contributed by atoms with Gasteiger partial charge in [0, 0.05) is 25.9 Å². The number of anilines is 1. The Labute approximate surface area is 161 Å². The number of esters is 1. The summed E-state index contributed by atoms with van der Waals surface area (Å²) in [5, 5.41) is 17.3. The summed E-state index contributed by atoms with van der Waals surface area (Å²) in [5.41, 5.74) is 0.372. The standard InChI is InChI=1S/C19H18N4O5/c20-8-2-10-22(11-3-9-21)18(26)13-28-19(27)14-4-1-5-15(12-14)23-16(24)6-7-17(23)25/h1,4-5,12H,2-3,6-7,10-11,13H2. The van der Waals surface area contributed by atoms with Gasteiger partial charge in [-0.05, 0) is 18.2 Å². The average Bonchev–Trinajstić information content (AvgIpc) is 3.04. The Kier molecular flexibility index (Phi) is 7.23. The van der Waals surface area contributed by atoms with Crippen LogP contribution in [0.2, 0.25) is 0 Å². The molecule has 1 aromatic rings. The van der Waals surface area contributed by atoms with Crippen LogP contribution in [0.15, 0.2) is 24.3 Å². The molecule has 1 aliphatic rings. The van der Waals surface area contributed by atoms with Crippen molar-refractivity contribution in [2.45, 2.75) is 25.7 Å². The Morgan fingerprint density at radius 2 is 1.68 bits per heavy atom. The minimum atomic E-state index is -0.783. The number of hydrogen-bond donors (Lipinski definition) is 0. The lowest BCUT2D eigenvalue weighted by molar-refractivity contribution is -0.134. The molecule has 0 saturated carbocycles. The lowest BCUT2D eigenvalue weighted by Gasteiger charge is -2.20. The second-order valence-corrected chi connectivity index (χ2v) is 5.95. The predicted molar refractivity (Wildman–Crippen MR) is 95.5 cm³/mol. The molecule has 0 N–H and O–H groups in total. The van der Waals surface area contributed by atoms with Gasteiger partial charge in [0.1, 0.15) is 0 Å². The van der Waals surface area contributed by atoms with E-state index in [-0.39, 0.29) is 61.8 Å². The fourth-order valence-electron chi connectivity index (χ4n) is 2.67. The third-order valence-corrected chi connectivity index (χ3v) is 4.06. The number of rotatable bonds is 8. The lowest BCUT2D eigenvalue weighted by Crippen LogP contribution is -2.36. The Bertz CT molecular complexity index is 834. The smallest absolute Gasteiger partial charge is 0.338 e. The molecule has 28 heavy (non-hydrogen) atoms. The SMILES string of the molecule is N#CCCN(CCC#N)C(=O)COC(=O)c1cccc(N2C(=O)CCC2=O)c1. The number of carbonyl (C=O) groups excluding carboxylic acids is 4. The first-order valence-corrected chi connectivity index (χ1v) is 8.62. The van der Waals surface area contributed by atoms with E-state index in [9.17, 15) is 19.2 Å². The minimum absolute atomic E-state index is 0.0957. The zero-order valence-corrected chi connectivity index (χ0v) is 15.1. The lowest BCUT2D eigenvalue weighted by atomic mass is 10.2. The zero-order valence-electron chi connectivity index (χ0n) is 15.1. The largest absolute Gasteiger partial charge is 0.452 e. The van der Waals surface area contributed by atoms with E-state index in [0.717, 1.165) is 4.90 Å². The van der Waals surface area contributed by atoms with Crippen molar-refractivity contribution in [1.29, 1.82) is 10.5 Å². The van der Waals surface area contributed by atoms with Crippen LogP contribution >= 0.6 is 0 Å². The van der Waals surface area contributed by atoms with E-state index in [1.54, 1.807) is 0 Å². The van der Waals surface area contributed by atoms with Crippen LogP contribution in [0.1, 0.15) is 36.0 Å². The highest BCUT2D eigenvalue weighted by Crippen LogP contribution is 2.23. The molecule has 0 atom stereocenters. The molecule has 144 valence electrons. The van der Waals surface area contributed by atoms with Crippen LogP contribution in [-0.2, 0) is 19.1 Å². The van der Waals surface area contributed by atoms with Crippen LogP contribution in [0.3, 0.4) is 0 Å². The fraction of sp³-hybridized carbons (Fsp3) is 0.368. The highest BCUT2D eigenvalue weighted by molar-refractivity contribution is 6.20. The maximum atomic E-state index is 12.2. The first-order chi connectivity index (χ1) is 13.5. The molecule has 2 rings (SSSR count). The molecule has 1 fully saturated rings. The van der Waals surface area contributed by atoms with Crippen LogP contribution in [0.4, 0.5) is 5.69 Å². The molecule has 0 radical (unpaired) electrons. The molecule has 0 spiro atoms. The maximum absolute atomic E-state index is 12.2. The van der Waals surface area contributed by atoms with Crippen molar-refractivity contribution in [3.05, 3.63) is 29.8 Å². The molecule has 0 unspecified atom stereocenters. The van der Waals surface area contributed by atoms with E-state index >= 15 is 0 Å². The van der Waals surface area contributed by atoms with Crippen LogP contribution in [0.5, 0.6) is 0 Å². The summed E-state index contributed by atoms with van der Waals surface area (Å²) < 4.78 is 5.02. The first-order valence-electron chi connectivity index (χ1n) is 8.62. The van der Waals surface area contributed by atoms with Crippen molar-refractivity contribution < 1.29 is 23.9 Å². The molecule has 1 heterocycles. The summed E-state index contributed by atoms with van der Waals surface area (Å²) >= 11 is 0. The third kappa shape index (κ3) is 5.15. The molecular formula is C19H18N4O5. The summed E-state index contributed by atoms with van der Waals surface area (Å²) in [6, 6.07) is 9.69. The molecule has 0 aromatic heterocycles. The second kappa shape index (κ2) is 9.83. The molecular weight excluding hydrogens is 364 g/mol. The van der Waals surface area contributed by atoms with E-state index in [1.807, 2.05) is 12.1 Å². The molecule has 1 aromatic carbocycles. The van der Waals surface area contributed by atoms with Crippen molar-refractivity contribution in [1.82, 2.24) is 4.90 Å². The van der Waals surface area contributed by atoms with Gasteiger partial charge in [0.05, 0.1) is 36.2 Å². The summed E-state index contributed by atoms with van der Waals surface area (Å²) in [7, 11) is 0. The van der Waals surface area contributed by atoms with Crippen molar-refractivity contribution in [2.24, 2.45) is 0 Å². The van der Waals surface area contributed by atoms with Gasteiger partial charge >= 0.3 is 5.97 Å². The van der Waals surface area contributed by atoms with E-state index in [2.05, 4.69) is 0 Å². The van der Waals surface area contributed by atoms with Crippen LogP contribution in [0, 0.1) is 22.7 Å². The highest BCUT2D eigenvalue weighted by atomic mass is 16.5. The number of hydrogen-bond acceptors (Lipinski definition) is 7. The summed E-state index contributed by atoms with van der Waals surface area (Å²) in [4.78, 5) is 50.4. The monoisotopic (exact) mass is 382 g/mol. The van der Waals surface area contributed by atoms with Crippen LogP contribution in [-0.4, -0.2) is 48.3 Å². The van der Waals surface area contributed by atoms with Crippen molar-refractivity contribution >= 4 is 29.4 Å². The summed E-state index contributed by atoms with van der Waals surface area (Å²) in [5.74, 6) is -1.97. The van der Waals surface area contributed by atoms with Crippen molar-refractivity contribution in [2.75, 3.05) is 24.6 Å². The average molecular weight is 382 g/mol. The van der Waals surface area contributed by atoms with E-state index in [1.165, 1.54) is 29.2 Å². The van der Waals surface area contributed by atoms with Crippen LogP contribution in [0.25, 0.3) is 0 Å². The number of carbonyl (C=O) groups is 4. The summed E-state index contributed by atoms with van der Waals surface area (Å²) in [6.45, 7) is -0.256. The van der Waals surface area contributed by atoms with Gasteiger partial charge in [-0.1, -0.05) is 6.07 Å². The Morgan fingerprint density at radius 3 is 2.25 bits per heavy atom. The molecule has 0 aliphatic carbocycles. The summed E-state index contributed by atoms with van der Waals surface area (Å²) in [6.07, 6.45) is 0.461. The van der Waals surface area contributed by atoms with Gasteiger partial charge in [0.15, 0.2) is 6.61 Å². The van der Waals surface area contributed by atoms with Crippen molar-refractivity contribution in [3.63, 3.8) is 0 Å². The van der Waals surface area contributed by atoms with Crippen molar-refractivity contribution in [3.8, 4) is 12.1 Å². The minimum Gasteiger partial charge on any atom is -0.452 e. The molecule has 9 heteroatoms. The Morgan fingerprint density at radius 1 is 1.07 bits per heavy atom. The normalized spacial score (nSPS) is 13.0. The molecule has 9 nitrogen and oxygen atoms in total.